The number of halogens is 3. The summed E-state index contributed by atoms with van der Waals surface area (Å²) in [6.45, 7) is 0.216. The van der Waals surface area contributed by atoms with Gasteiger partial charge in [-0.1, -0.05) is 30.3 Å². The van der Waals surface area contributed by atoms with Crippen molar-refractivity contribution < 1.29 is 27.8 Å². The molecule has 2 aromatic rings. The van der Waals surface area contributed by atoms with Crippen LogP contribution >= 0.6 is 0 Å². The fraction of sp³-hybridized carbons (Fsp3) is 0.316. The van der Waals surface area contributed by atoms with Crippen molar-refractivity contribution in [3.63, 3.8) is 0 Å². The minimum absolute atomic E-state index is 0.216. The summed E-state index contributed by atoms with van der Waals surface area (Å²) in [5.74, 6) is -1.33. The molecule has 0 unspecified atom stereocenters. The Labute approximate surface area is 143 Å². The summed E-state index contributed by atoms with van der Waals surface area (Å²) in [6, 6.07) is 11.5. The van der Waals surface area contributed by atoms with Crippen molar-refractivity contribution in [2.45, 2.75) is 25.4 Å². The van der Waals surface area contributed by atoms with Crippen molar-refractivity contribution in [1.29, 1.82) is 0 Å². The van der Waals surface area contributed by atoms with Crippen LogP contribution < -0.4 is 4.74 Å². The number of aliphatic carboxylic acids is 1. The molecule has 1 fully saturated rings. The van der Waals surface area contributed by atoms with Gasteiger partial charge in [-0.25, -0.2) is 0 Å². The second kappa shape index (κ2) is 6.78. The van der Waals surface area contributed by atoms with Gasteiger partial charge in [-0.2, -0.15) is 13.2 Å². The van der Waals surface area contributed by atoms with E-state index in [0.29, 0.717) is 11.1 Å². The maximum absolute atomic E-state index is 13.6. The van der Waals surface area contributed by atoms with Gasteiger partial charge in [0.05, 0.1) is 13.0 Å². The fourth-order valence-corrected chi connectivity index (χ4v) is 2.70. The summed E-state index contributed by atoms with van der Waals surface area (Å²) in [6.07, 6.45) is -3.50. The van der Waals surface area contributed by atoms with Crippen molar-refractivity contribution in [3.05, 3.63) is 53.6 Å². The number of carboxylic acids is 1. The summed E-state index contributed by atoms with van der Waals surface area (Å²) < 4.78 is 46.1. The summed E-state index contributed by atoms with van der Waals surface area (Å²) in [5, 5.41) is 9.03. The van der Waals surface area contributed by atoms with Crippen LogP contribution in [-0.2, 0) is 17.4 Å². The SMILES string of the molecule is O=C(O)Cc1cc(-c2ccccc2)cc(OCC2CC2)c1C(F)(F)F. The van der Waals surface area contributed by atoms with Gasteiger partial charge < -0.3 is 9.84 Å². The van der Waals surface area contributed by atoms with Gasteiger partial charge in [0.2, 0.25) is 0 Å². The maximum Gasteiger partial charge on any atom is 0.420 e. The van der Waals surface area contributed by atoms with E-state index in [9.17, 15) is 18.0 Å². The van der Waals surface area contributed by atoms with Crippen LogP contribution in [0.1, 0.15) is 24.0 Å². The summed E-state index contributed by atoms with van der Waals surface area (Å²) >= 11 is 0. The molecule has 0 bridgehead atoms. The highest BCUT2D eigenvalue weighted by Gasteiger charge is 2.38. The maximum atomic E-state index is 13.6. The second-order valence-electron chi connectivity index (χ2n) is 6.20. The fourth-order valence-electron chi connectivity index (χ4n) is 2.70. The van der Waals surface area contributed by atoms with Crippen molar-refractivity contribution in [3.8, 4) is 16.9 Å². The summed E-state index contributed by atoms with van der Waals surface area (Å²) in [5.41, 5.74) is -0.0582. The molecule has 1 aliphatic rings. The molecule has 132 valence electrons. The zero-order valence-corrected chi connectivity index (χ0v) is 13.3. The zero-order valence-electron chi connectivity index (χ0n) is 13.3. The highest BCUT2D eigenvalue weighted by atomic mass is 19.4. The Morgan fingerprint density at radius 1 is 1.12 bits per heavy atom. The third kappa shape index (κ3) is 4.32. The average Bonchev–Trinajstić information content (AvgIpc) is 3.36. The number of carboxylic acid groups (broad SMARTS) is 1. The zero-order chi connectivity index (χ0) is 18.0. The van der Waals surface area contributed by atoms with Crippen LogP contribution in [0, 0.1) is 5.92 Å². The molecule has 0 aromatic heterocycles. The summed E-state index contributed by atoms with van der Waals surface area (Å²) in [7, 11) is 0. The minimum atomic E-state index is -4.68. The first kappa shape index (κ1) is 17.3. The molecule has 0 radical (unpaired) electrons. The Hall–Kier alpha value is -2.50. The first-order chi connectivity index (χ1) is 11.8. The molecule has 3 rings (SSSR count). The van der Waals surface area contributed by atoms with Gasteiger partial charge in [0.25, 0.3) is 0 Å². The highest BCUT2D eigenvalue weighted by Crippen LogP contribution is 2.42. The van der Waals surface area contributed by atoms with Gasteiger partial charge in [-0.3, -0.25) is 4.79 Å². The van der Waals surface area contributed by atoms with E-state index in [-0.39, 0.29) is 23.8 Å². The average molecular weight is 350 g/mol. The molecule has 0 aliphatic heterocycles. The van der Waals surface area contributed by atoms with Crippen molar-refractivity contribution >= 4 is 5.97 Å². The molecular weight excluding hydrogens is 333 g/mol. The monoisotopic (exact) mass is 350 g/mol. The first-order valence-electron chi connectivity index (χ1n) is 7.98. The predicted molar refractivity (Wildman–Crippen MR) is 86.4 cm³/mol. The van der Waals surface area contributed by atoms with Gasteiger partial charge >= 0.3 is 12.1 Å². The Morgan fingerprint density at radius 2 is 1.80 bits per heavy atom. The van der Waals surface area contributed by atoms with Gasteiger partial charge in [0.1, 0.15) is 11.3 Å². The van der Waals surface area contributed by atoms with Gasteiger partial charge in [0.15, 0.2) is 0 Å². The standard InChI is InChI=1S/C19H17F3O3/c20-19(21,22)18-15(10-17(23)24)8-14(13-4-2-1-3-5-13)9-16(18)25-11-12-6-7-12/h1-5,8-9,12H,6-7,10-11H2,(H,23,24). The molecule has 1 N–H and O–H groups in total. The van der Waals surface area contributed by atoms with Crippen LogP contribution in [0.3, 0.4) is 0 Å². The third-order valence-corrected chi connectivity index (χ3v) is 4.09. The molecule has 0 amide bonds. The van der Waals surface area contributed by atoms with Crippen molar-refractivity contribution in [1.82, 2.24) is 0 Å². The van der Waals surface area contributed by atoms with Crippen LogP contribution in [-0.4, -0.2) is 17.7 Å². The Morgan fingerprint density at radius 3 is 2.36 bits per heavy atom. The number of rotatable bonds is 6. The lowest BCUT2D eigenvalue weighted by Gasteiger charge is -2.19. The number of hydrogen-bond donors (Lipinski definition) is 1. The first-order valence-corrected chi connectivity index (χ1v) is 7.98. The number of alkyl halides is 3. The predicted octanol–water partition coefficient (Wildman–Crippen LogP) is 4.79. The largest absolute Gasteiger partial charge is 0.493 e. The van der Waals surface area contributed by atoms with E-state index in [1.165, 1.54) is 12.1 Å². The Bertz CT molecular complexity index is 765. The highest BCUT2D eigenvalue weighted by molar-refractivity contribution is 5.75. The van der Waals surface area contributed by atoms with E-state index in [1.54, 1.807) is 30.3 Å². The molecule has 2 aromatic carbocycles. The number of benzene rings is 2. The third-order valence-electron chi connectivity index (χ3n) is 4.09. The molecule has 0 atom stereocenters. The van der Waals surface area contributed by atoms with E-state index < -0.39 is 24.1 Å². The second-order valence-corrected chi connectivity index (χ2v) is 6.20. The topological polar surface area (TPSA) is 46.5 Å². The van der Waals surface area contributed by atoms with Gasteiger partial charge in [-0.05, 0) is 47.6 Å². The number of hydrogen-bond acceptors (Lipinski definition) is 2. The van der Waals surface area contributed by atoms with E-state index in [1.807, 2.05) is 0 Å². The van der Waals surface area contributed by atoms with Crippen LogP contribution in [0.15, 0.2) is 42.5 Å². The molecule has 25 heavy (non-hydrogen) atoms. The van der Waals surface area contributed by atoms with E-state index in [2.05, 4.69) is 0 Å². The molecule has 0 heterocycles. The Balaban J connectivity index is 2.11. The minimum Gasteiger partial charge on any atom is -0.493 e. The van der Waals surface area contributed by atoms with Crippen LogP contribution in [0.2, 0.25) is 0 Å². The molecule has 0 spiro atoms. The molecule has 1 aliphatic carbocycles. The number of carbonyl (C=O) groups is 1. The number of ether oxygens (including phenoxy) is 1. The lowest BCUT2D eigenvalue weighted by Crippen LogP contribution is -2.15. The molecule has 6 heteroatoms. The van der Waals surface area contributed by atoms with Gasteiger partial charge in [0, 0.05) is 0 Å². The smallest absolute Gasteiger partial charge is 0.420 e. The lowest BCUT2D eigenvalue weighted by molar-refractivity contribution is -0.140. The van der Waals surface area contributed by atoms with Crippen molar-refractivity contribution in [2.24, 2.45) is 5.92 Å². The molecular formula is C19H17F3O3. The van der Waals surface area contributed by atoms with E-state index in [4.69, 9.17) is 9.84 Å². The van der Waals surface area contributed by atoms with Crippen LogP contribution in [0.4, 0.5) is 13.2 Å². The normalized spacial score (nSPS) is 14.4. The molecule has 3 nitrogen and oxygen atoms in total. The van der Waals surface area contributed by atoms with Crippen LogP contribution in [0.5, 0.6) is 5.75 Å². The quantitative estimate of drug-likeness (QED) is 0.815. The lowest BCUT2D eigenvalue weighted by atomic mass is 9.96. The van der Waals surface area contributed by atoms with Crippen LogP contribution in [0.25, 0.3) is 11.1 Å². The summed E-state index contributed by atoms with van der Waals surface area (Å²) in [4.78, 5) is 11.1. The van der Waals surface area contributed by atoms with E-state index >= 15 is 0 Å². The molecule has 0 saturated heterocycles. The Kier molecular flexibility index (Phi) is 4.70. The molecule has 1 saturated carbocycles. The van der Waals surface area contributed by atoms with E-state index in [0.717, 1.165) is 12.8 Å². The van der Waals surface area contributed by atoms with Crippen molar-refractivity contribution in [2.75, 3.05) is 6.61 Å². The van der Waals surface area contributed by atoms with Gasteiger partial charge in [-0.15, -0.1) is 0 Å².